The third kappa shape index (κ3) is 3.33. The number of benzene rings is 1. The van der Waals surface area contributed by atoms with Gasteiger partial charge in [0.2, 0.25) is 0 Å². The Bertz CT molecular complexity index is 873. The molecule has 2 aliphatic heterocycles. The van der Waals surface area contributed by atoms with E-state index in [1.165, 1.54) is 11.1 Å². The van der Waals surface area contributed by atoms with E-state index >= 15 is 0 Å². The molecule has 1 aromatic carbocycles. The molecule has 3 heterocycles. The summed E-state index contributed by atoms with van der Waals surface area (Å²) in [6.45, 7) is 2.43. The predicted molar refractivity (Wildman–Crippen MR) is 108 cm³/mol. The molecule has 148 valence electrons. The largest absolute Gasteiger partial charge is 0.497 e. The summed E-state index contributed by atoms with van der Waals surface area (Å²) in [5, 5.41) is 0. The van der Waals surface area contributed by atoms with E-state index in [0.717, 1.165) is 50.5 Å². The van der Waals surface area contributed by atoms with Crippen LogP contribution in [-0.4, -0.2) is 56.7 Å². The number of amides is 1. The number of nitrogens with zero attached hydrogens (tertiary/aromatic N) is 3. The predicted octanol–water partition coefficient (Wildman–Crippen LogP) is 2.86. The number of hydrogen-bond acceptors (Lipinski definition) is 5. The van der Waals surface area contributed by atoms with Crippen LogP contribution in [0.3, 0.4) is 0 Å². The van der Waals surface area contributed by atoms with Gasteiger partial charge >= 0.3 is 0 Å². The monoisotopic (exact) mass is 381 g/mol. The van der Waals surface area contributed by atoms with Crippen molar-refractivity contribution in [2.75, 3.05) is 45.8 Å². The average Bonchev–Trinajstić information content (AvgIpc) is 2.73. The Kier molecular flexibility index (Phi) is 4.98. The molecule has 28 heavy (non-hydrogen) atoms. The smallest absolute Gasteiger partial charge is 0.272 e. The van der Waals surface area contributed by atoms with Crippen LogP contribution < -0.4 is 9.64 Å². The Balaban J connectivity index is 1.53. The molecule has 6 nitrogen and oxygen atoms in total. The summed E-state index contributed by atoms with van der Waals surface area (Å²) in [6, 6.07) is 12.0. The van der Waals surface area contributed by atoms with Gasteiger partial charge in [-0.2, -0.15) is 0 Å². The van der Waals surface area contributed by atoms with Crippen LogP contribution in [0.5, 0.6) is 5.75 Å². The number of hydrogen-bond donors (Lipinski definition) is 0. The van der Waals surface area contributed by atoms with Crippen molar-refractivity contribution in [3.8, 4) is 5.75 Å². The second-order valence-corrected chi connectivity index (χ2v) is 7.68. The molecule has 0 N–H and O–H groups in total. The Morgan fingerprint density at radius 2 is 2.00 bits per heavy atom. The quantitative estimate of drug-likeness (QED) is 0.818. The van der Waals surface area contributed by atoms with E-state index in [4.69, 9.17) is 9.47 Å². The number of rotatable bonds is 3. The minimum atomic E-state index is -0.229. The van der Waals surface area contributed by atoms with Gasteiger partial charge in [0.15, 0.2) is 0 Å². The van der Waals surface area contributed by atoms with E-state index in [1.807, 2.05) is 18.2 Å². The fourth-order valence-electron chi connectivity index (χ4n) is 4.24. The summed E-state index contributed by atoms with van der Waals surface area (Å²) in [6.07, 6.45) is 2.73. The lowest BCUT2D eigenvalue weighted by atomic mass is 9.79. The molecule has 0 radical (unpaired) electrons. The Morgan fingerprint density at radius 3 is 2.71 bits per heavy atom. The van der Waals surface area contributed by atoms with Crippen molar-refractivity contribution in [1.29, 1.82) is 0 Å². The zero-order valence-corrected chi connectivity index (χ0v) is 16.8. The molecule has 1 saturated heterocycles. The van der Waals surface area contributed by atoms with E-state index in [9.17, 15) is 4.79 Å². The van der Waals surface area contributed by atoms with Gasteiger partial charge in [0.05, 0.1) is 19.3 Å². The molecule has 6 heteroatoms. The second kappa shape index (κ2) is 7.43. The molecule has 2 aromatic rings. The Morgan fingerprint density at radius 1 is 1.21 bits per heavy atom. The number of aromatic nitrogens is 1. The summed E-state index contributed by atoms with van der Waals surface area (Å²) in [5.74, 6) is 1.68. The third-order valence-corrected chi connectivity index (χ3v) is 5.81. The maximum absolute atomic E-state index is 12.2. The topological polar surface area (TPSA) is 54.9 Å². The van der Waals surface area contributed by atoms with E-state index in [0.29, 0.717) is 5.69 Å². The summed E-state index contributed by atoms with van der Waals surface area (Å²) in [4.78, 5) is 20.6. The van der Waals surface area contributed by atoms with Gasteiger partial charge in [0.25, 0.3) is 5.91 Å². The van der Waals surface area contributed by atoms with Crippen molar-refractivity contribution in [3.63, 3.8) is 0 Å². The number of methoxy groups -OCH3 is 1. The zero-order valence-electron chi connectivity index (χ0n) is 16.8. The summed E-state index contributed by atoms with van der Waals surface area (Å²) < 4.78 is 11.7. The lowest BCUT2D eigenvalue weighted by Crippen LogP contribution is -2.47. The first-order chi connectivity index (χ1) is 13.5. The molecule has 1 fully saturated rings. The molecule has 1 spiro atoms. The molecular weight excluding hydrogens is 354 g/mol. The van der Waals surface area contributed by atoms with Crippen LogP contribution in [0.2, 0.25) is 0 Å². The van der Waals surface area contributed by atoms with Gasteiger partial charge < -0.3 is 19.3 Å². The number of anilines is 1. The normalized spacial score (nSPS) is 17.9. The summed E-state index contributed by atoms with van der Waals surface area (Å²) >= 11 is 0. The van der Waals surface area contributed by atoms with Crippen LogP contribution >= 0.6 is 0 Å². The number of carbonyl (C=O) groups excluding carboxylic acids is 1. The van der Waals surface area contributed by atoms with Crippen LogP contribution in [0.4, 0.5) is 5.82 Å². The highest BCUT2D eigenvalue weighted by atomic mass is 16.5. The van der Waals surface area contributed by atoms with Crippen molar-refractivity contribution in [2.45, 2.75) is 24.9 Å². The highest BCUT2D eigenvalue weighted by Crippen LogP contribution is 2.43. The Labute approximate surface area is 166 Å². The van der Waals surface area contributed by atoms with E-state index < -0.39 is 0 Å². The lowest BCUT2D eigenvalue weighted by molar-refractivity contribution is -0.0767. The molecule has 0 bridgehead atoms. The number of piperidine rings is 1. The molecule has 4 rings (SSSR count). The van der Waals surface area contributed by atoms with Crippen molar-refractivity contribution in [2.24, 2.45) is 0 Å². The molecule has 1 aromatic heterocycles. The number of fused-ring (bicyclic) bond motifs is 2. The molecule has 0 aliphatic carbocycles. The van der Waals surface area contributed by atoms with Crippen molar-refractivity contribution in [3.05, 3.63) is 53.2 Å². The first kappa shape index (κ1) is 18.7. The number of ether oxygens (including phenoxy) is 2. The van der Waals surface area contributed by atoms with E-state index in [-0.39, 0.29) is 11.5 Å². The highest BCUT2D eigenvalue weighted by Gasteiger charge is 2.41. The fraction of sp³-hybridized carbons (Fsp3) is 0.455. The standard InChI is InChI=1S/C22H27N3O3/c1-24(2)21(26)19-5-4-6-20(23-19)25-12-10-22(11-13-25)18-8-7-17(27-3)15-16(18)9-14-28-22/h4-8,15H,9-14H2,1-3H3. The van der Waals surface area contributed by atoms with E-state index in [2.05, 4.69) is 22.0 Å². The van der Waals surface area contributed by atoms with Gasteiger partial charge in [-0.3, -0.25) is 4.79 Å². The molecule has 0 unspecified atom stereocenters. The molecular formula is C22H27N3O3. The van der Waals surface area contributed by atoms with Gasteiger partial charge in [-0.1, -0.05) is 12.1 Å². The highest BCUT2D eigenvalue weighted by molar-refractivity contribution is 5.92. The summed E-state index contributed by atoms with van der Waals surface area (Å²) in [7, 11) is 5.19. The lowest BCUT2D eigenvalue weighted by Gasteiger charge is -2.45. The van der Waals surface area contributed by atoms with Crippen LogP contribution in [0.15, 0.2) is 36.4 Å². The van der Waals surface area contributed by atoms with Gasteiger partial charge in [0, 0.05) is 27.2 Å². The van der Waals surface area contributed by atoms with Crippen molar-refractivity contribution < 1.29 is 14.3 Å². The fourth-order valence-corrected chi connectivity index (χ4v) is 4.24. The average molecular weight is 381 g/mol. The Hall–Kier alpha value is -2.60. The maximum Gasteiger partial charge on any atom is 0.272 e. The minimum absolute atomic E-state index is 0.0752. The van der Waals surface area contributed by atoms with Crippen molar-refractivity contribution >= 4 is 11.7 Å². The maximum atomic E-state index is 12.2. The van der Waals surface area contributed by atoms with Crippen LogP contribution in [0.25, 0.3) is 0 Å². The second-order valence-electron chi connectivity index (χ2n) is 7.68. The van der Waals surface area contributed by atoms with Gasteiger partial charge in [-0.05, 0) is 54.7 Å². The SMILES string of the molecule is COc1ccc2c(c1)CCOC21CCN(c2cccc(C(=O)N(C)C)n2)CC1. The van der Waals surface area contributed by atoms with Gasteiger partial charge in [-0.25, -0.2) is 4.98 Å². The van der Waals surface area contributed by atoms with Crippen LogP contribution in [-0.2, 0) is 16.8 Å². The summed E-state index contributed by atoms with van der Waals surface area (Å²) in [5.41, 5.74) is 2.88. The van der Waals surface area contributed by atoms with E-state index in [1.54, 1.807) is 32.2 Å². The first-order valence-corrected chi connectivity index (χ1v) is 9.77. The first-order valence-electron chi connectivity index (χ1n) is 9.77. The third-order valence-electron chi connectivity index (χ3n) is 5.81. The van der Waals surface area contributed by atoms with Crippen LogP contribution in [0.1, 0.15) is 34.5 Å². The molecule has 0 atom stereocenters. The minimum Gasteiger partial charge on any atom is -0.497 e. The van der Waals surface area contributed by atoms with Gasteiger partial charge in [0.1, 0.15) is 17.3 Å². The van der Waals surface area contributed by atoms with Crippen molar-refractivity contribution in [1.82, 2.24) is 9.88 Å². The van der Waals surface area contributed by atoms with Gasteiger partial charge in [-0.15, -0.1) is 0 Å². The number of carbonyl (C=O) groups is 1. The van der Waals surface area contributed by atoms with Crippen LogP contribution in [0, 0.1) is 0 Å². The molecule has 1 amide bonds. The zero-order chi connectivity index (χ0) is 19.7. The molecule has 2 aliphatic rings. The molecule has 0 saturated carbocycles. The number of pyridine rings is 1.